The lowest BCUT2D eigenvalue weighted by molar-refractivity contribution is -0.153. The Labute approximate surface area is 121 Å². The summed E-state index contributed by atoms with van der Waals surface area (Å²) >= 11 is 0. The highest BCUT2D eigenvalue weighted by atomic mass is 19.4. The first-order valence-corrected chi connectivity index (χ1v) is 6.28. The molecule has 0 aliphatic rings. The van der Waals surface area contributed by atoms with Gasteiger partial charge < -0.3 is 10.3 Å². The predicted octanol–water partition coefficient (Wildman–Crippen LogP) is 2.13. The van der Waals surface area contributed by atoms with Crippen LogP contribution in [-0.4, -0.2) is 28.1 Å². The predicted molar refractivity (Wildman–Crippen MR) is 69.9 cm³/mol. The fraction of sp³-hybridized carbons (Fsp3) is 0.308. The summed E-state index contributed by atoms with van der Waals surface area (Å²) in [5, 5.41) is 1.53. The van der Waals surface area contributed by atoms with Gasteiger partial charge in [-0.05, 0) is 12.5 Å². The van der Waals surface area contributed by atoms with Crippen molar-refractivity contribution in [3.05, 3.63) is 40.1 Å². The maximum atomic E-state index is 13.1. The summed E-state index contributed by atoms with van der Waals surface area (Å²) in [6, 6.07) is -1.21. The number of pyridine rings is 2. The summed E-state index contributed by atoms with van der Waals surface area (Å²) in [6.07, 6.45) is -3.18. The fourth-order valence-electron chi connectivity index (χ4n) is 1.90. The number of rotatable bonds is 3. The van der Waals surface area contributed by atoms with E-state index in [1.165, 1.54) is 6.92 Å². The second-order valence-electron chi connectivity index (χ2n) is 4.56. The number of H-pyrrole nitrogens is 1. The van der Waals surface area contributed by atoms with Gasteiger partial charge in [0.2, 0.25) is 5.43 Å². The second-order valence-corrected chi connectivity index (χ2v) is 4.56. The molecule has 1 amide bonds. The Hall–Kier alpha value is -2.45. The van der Waals surface area contributed by atoms with E-state index < -0.39 is 34.9 Å². The number of aromatic nitrogens is 2. The Balaban J connectivity index is 2.40. The molecule has 0 fully saturated rings. The minimum Gasteiger partial charge on any atom is -0.345 e. The van der Waals surface area contributed by atoms with Gasteiger partial charge in [-0.15, -0.1) is 0 Å². The summed E-state index contributed by atoms with van der Waals surface area (Å²) in [5.74, 6) is -1.98. The molecule has 0 bridgehead atoms. The number of nitrogens with zero attached hydrogens (tertiary/aromatic N) is 1. The average Bonchev–Trinajstić information content (AvgIpc) is 2.44. The highest BCUT2D eigenvalue weighted by molar-refractivity contribution is 5.96. The van der Waals surface area contributed by atoms with Gasteiger partial charge in [0.15, 0.2) is 0 Å². The first-order valence-electron chi connectivity index (χ1n) is 6.28. The zero-order valence-corrected chi connectivity index (χ0v) is 11.3. The maximum Gasteiger partial charge on any atom is 0.408 e. The van der Waals surface area contributed by atoms with Crippen LogP contribution in [0.2, 0.25) is 0 Å². The third-order valence-corrected chi connectivity index (χ3v) is 3.05. The topological polar surface area (TPSA) is 74.8 Å². The van der Waals surface area contributed by atoms with Crippen LogP contribution in [0.1, 0.15) is 23.7 Å². The SMILES string of the molecule is CC[C@H](NC(=O)c1c[nH]c2ncc(F)cc2c1=O)C(F)(F)F. The Morgan fingerprint density at radius 3 is 2.73 bits per heavy atom. The summed E-state index contributed by atoms with van der Waals surface area (Å²) in [6.45, 7) is 1.25. The number of aromatic amines is 1. The van der Waals surface area contributed by atoms with E-state index in [9.17, 15) is 27.2 Å². The molecule has 2 N–H and O–H groups in total. The minimum absolute atomic E-state index is 0.0332. The Morgan fingerprint density at radius 2 is 2.14 bits per heavy atom. The van der Waals surface area contributed by atoms with Gasteiger partial charge in [-0.1, -0.05) is 6.92 Å². The molecule has 2 aromatic rings. The third-order valence-electron chi connectivity index (χ3n) is 3.05. The van der Waals surface area contributed by atoms with E-state index in [1.807, 2.05) is 0 Å². The number of fused-ring (bicyclic) bond motifs is 1. The van der Waals surface area contributed by atoms with Crippen LogP contribution in [0.4, 0.5) is 17.6 Å². The van der Waals surface area contributed by atoms with Gasteiger partial charge >= 0.3 is 6.18 Å². The first-order chi connectivity index (χ1) is 10.2. The van der Waals surface area contributed by atoms with Gasteiger partial charge in [0.1, 0.15) is 23.1 Å². The zero-order chi connectivity index (χ0) is 16.5. The average molecular weight is 317 g/mol. The molecule has 0 saturated heterocycles. The Morgan fingerprint density at radius 1 is 1.45 bits per heavy atom. The normalized spacial score (nSPS) is 13.1. The van der Waals surface area contributed by atoms with Crippen molar-refractivity contribution >= 4 is 16.9 Å². The first kappa shape index (κ1) is 15.9. The maximum absolute atomic E-state index is 13.1. The van der Waals surface area contributed by atoms with Gasteiger partial charge in [0.25, 0.3) is 5.91 Å². The Kier molecular flexibility index (Phi) is 4.16. The van der Waals surface area contributed by atoms with E-state index in [0.29, 0.717) is 0 Å². The van der Waals surface area contributed by atoms with Crippen molar-refractivity contribution in [2.75, 3.05) is 0 Å². The van der Waals surface area contributed by atoms with E-state index in [2.05, 4.69) is 9.97 Å². The molecular weight excluding hydrogens is 306 g/mol. The molecule has 0 aromatic carbocycles. The van der Waals surface area contributed by atoms with Gasteiger partial charge in [-0.25, -0.2) is 9.37 Å². The number of alkyl halides is 3. The van der Waals surface area contributed by atoms with Gasteiger partial charge in [-0.2, -0.15) is 13.2 Å². The van der Waals surface area contributed by atoms with Crippen LogP contribution in [0.15, 0.2) is 23.3 Å². The number of halogens is 4. The van der Waals surface area contributed by atoms with Crippen molar-refractivity contribution in [2.24, 2.45) is 0 Å². The van der Waals surface area contributed by atoms with Gasteiger partial charge in [0, 0.05) is 6.20 Å². The highest BCUT2D eigenvalue weighted by Gasteiger charge is 2.39. The number of nitrogens with one attached hydrogen (secondary N) is 2. The minimum atomic E-state index is -4.62. The quantitative estimate of drug-likeness (QED) is 0.852. The lowest BCUT2D eigenvalue weighted by Crippen LogP contribution is -2.46. The van der Waals surface area contributed by atoms with Crippen molar-refractivity contribution in [1.82, 2.24) is 15.3 Å². The number of carbonyl (C=O) groups excluding carboxylic acids is 1. The number of hydrogen-bond acceptors (Lipinski definition) is 3. The van der Waals surface area contributed by atoms with E-state index in [0.717, 1.165) is 18.5 Å². The molecule has 2 rings (SSSR count). The van der Waals surface area contributed by atoms with Crippen LogP contribution >= 0.6 is 0 Å². The molecule has 9 heteroatoms. The molecule has 22 heavy (non-hydrogen) atoms. The smallest absolute Gasteiger partial charge is 0.345 e. The van der Waals surface area contributed by atoms with Crippen molar-refractivity contribution in [3.8, 4) is 0 Å². The molecular formula is C13H11F4N3O2. The van der Waals surface area contributed by atoms with E-state index >= 15 is 0 Å². The monoisotopic (exact) mass is 317 g/mol. The molecule has 0 aliphatic carbocycles. The summed E-state index contributed by atoms with van der Waals surface area (Å²) in [7, 11) is 0. The lowest BCUT2D eigenvalue weighted by Gasteiger charge is -2.19. The van der Waals surface area contributed by atoms with Crippen LogP contribution in [0.3, 0.4) is 0 Å². The Bertz CT molecular complexity index is 770. The van der Waals surface area contributed by atoms with Gasteiger partial charge in [0.05, 0.1) is 11.6 Å². The molecule has 0 radical (unpaired) electrons. The van der Waals surface area contributed by atoms with Crippen molar-refractivity contribution in [1.29, 1.82) is 0 Å². The largest absolute Gasteiger partial charge is 0.408 e. The third kappa shape index (κ3) is 3.07. The standard InChI is InChI=1S/C13H11F4N3O2/c1-2-9(13(15,16)17)20-12(22)8-5-19-11-7(10(8)21)3-6(14)4-18-11/h3-5,9H,2H2,1H3,(H,20,22)(H,18,19,21)/t9-/m0/s1. The molecule has 0 unspecified atom stereocenters. The van der Waals surface area contributed by atoms with Gasteiger partial charge in [-0.3, -0.25) is 9.59 Å². The van der Waals surface area contributed by atoms with Crippen LogP contribution < -0.4 is 10.7 Å². The molecule has 118 valence electrons. The molecule has 2 heterocycles. The van der Waals surface area contributed by atoms with Crippen molar-refractivity contribution in [3.63, 3.8) is 0 Å². The van der Waals surface area contributed by atoms with Crippen LogP contribution in [-0.2, 0) is 0 Å². The molecule has 1 atom stereocenters. The van der Waals surface area contributed by atoms with Crippen LogP contribution in [0, 0.1) is 5.82 Å². The second kappa shape index (κ2) is 5.74. The number of hydrogen-bond donors (Lipinski definition) is 2. The molecule has 0 aliphatic heterocycles. The van der Waals surface area contributed by atoms with E-state index in [-0.39, 0.29) is 17.5 Å². The van der Waals surface area contributed by atoms with Crippen molar-refractivity contribution < 1.29 is 22.4 Å². The fourth-order valence-corrected chi connectivity index (χ4v) is 1.90. The molecule has 2 aromatic heterocycles. The van der Waals surface area contributed by atoms with Crippen LogP contribution in [0.5, 0.6) is 0 Å². The molecule has 0 saturated carbocycles. The number of carbonyl (C=O) groups is 1. The molecule has 0 spiro atoms. The summed E-state index contributed by atoms with van der Waals surface area (Å²) < 4.78 is 51.0. The zero-order valence-electron chi connectivity index (χ0n) is 11.3. The summed E-state index contributed by atoms with van der Waals surface area (Å²) in [4.78, 5) is 30.0. The lowest BCUT2D eigenvalue weighted by atomic mass is 10.1. The highest BCUT2D eigenvalue weighted by Crippen LogP contribution is 2.22. The van der Waals surface area contributed by atoms with Crippen molar-refractivity contribution in [2.45, 2.75) is 25.6 Å². The van der Waals surface area contributed by atoms with E-state index in [4.69, 9.17) is 0 Å². The number of amides is 1. The molecule has 5 nitrogen and oxygen atoms in total. The van der Waals surface area contributed by atoms with Crippen LogP contribution in [0.25, 0.3) is 11.0 Å². The van der Waals surface area contributed by atoms with E-state index in [1.54, 1.807) is 5.32 Å². The summed E-state index contributed by atoms with van der Waals surface area (Å²) in [5.41, 5.74) is -1.40.